The number of benzene rings is 1. The van der Waals surface area contributed by atoms with Gasteiger partial charge in [-0.15, -0.1) is 0 Å². The van der Waals surface area contributed by atoms with Gasteiger partial charge in [0.1, 0.15) is 5.82 Å². The minimum Gasteiger partial charge on any atom is -0.338 e. The number of carbonyl (C=O) groups excluding carboxylic acids is 2. The molecule has 0 atom stereocenters. The van der Waals surface area contributed by atoms with E-state index in [4.69, 9.17) is 0 Å². The molecule has 0 spiro atoms. The molecule has 0 aliphatic heterocycles. The summed E-state index contributed by atoms with van der Waals surface area (Å²) in [5, 5.41) is 9.73. The van der Waals surface area contributed by atoms with Crippen LogP contribution < -0.4 is 10.6 Å². The number of aromatic nitrogens is 2. The van der Waals surface area contributed by atoms with Crippen LogP contribution in [0.2, 0.25) is 0 Å². The molecule has 6 nitrogen and oxygen atoms in total. The van der Waals surface area contributed by atoms with Crippen molar-refractivity contribution in [2.45, 2.75) is 44.7 Å². The molecule has 2 aromatic rings. The van der Waals surface area contributed by atoms with Crippen molar-refractivity contribution in [1.29, 1.82) is 0 Å². The van der Waals surface area contributed by atoms with E-state index in [9.17, 15) is 9.59 Å². The largest absolute Gasteiger partial charge is 0.338 e. The lowest BCUT2D eigenvalue weighted by Gasteiger charge is -2.43. The monoisotopic (exact) mass is 404 g/mol. The van der Waals surface area contributed by atoms with Crippen molar-refractivity contribution >= 4 is 33.6 Å². The quantitative estimate of drug-likeness (QED) is 0.766. The highest BCUT2D eigenvalue weighted by Crippen LogP contribution is 2.41. The molecule has 3 rings (SSSR count). The number of anilines is 1. The number of hydrogen-bond donors (Lipinski definition) is 2. The van der Waals surface area contributed by atoms with Crippen LogP contribution in [-0.2, 0) is 15.1 Å². The molecular formula is C18H21BrN4O2. The van der Waals surface area contributed by atoms with Gasteiger partial charge in [-0.3, -0.25) is 9.59 Å². The Balaban J connectivity index is 1.72. The minimum absolute atomic E-state index is 0.0907. The highest BCUT2D eigenvalue weighted by molar-refractivity contribution is 9.10. The lowest BCUT2D eigenvalue weighted by Crippen LogP contribution is -2.53. The maximum absolute atomic E-state index is 12.5. The number of nitrogens with one attached hydrogen (secondary N) is 2. The maximum Gasteiger partial charge on any atom is 0.314 e. The lowest BCUT2D eigenvalue weighted by atomic mass is 9.72. The van der Waals surface area contributed by atoms with Crippen molar-refractivity contribution < 1.29 is 9.59 Å². The normalized spacial score (nSPS) is 15.5. The summed E-state index contributed by atoms with van der Waals surface area (Å²) in [6.45, 7) is 3.92. The van der Waals surface area contributed by atoms with Gasteiger partial charge in [0, 0.05) is 16.6 Å². The van der Waals surface area contributed by atoms with E-state index in [0.29, 0.717) is 5.82 Å². The van der Waals surface area contributed by atoms with Gasteiger partial charge < -0.3 is 10.6 Å². The van der Waals surface area contributed by atoms with Gasteiger partial charge in [0.05, 0.1) is 11.7 Å². The van der Waals surface area contributed by atoms with E-state index < -0.39 is 17.4 Å². The Morgan fingerprint density at radius 3 is 2.60 bits per heavy atom. The summed E-state index contributed by atoms with van der Waals surface area (Å²) >= 11 is 3.46. The van der Waals surface area contributed by atoms with Crippen LogP contribution in [0.3, 0.4) is 0 Å². The third-order valence-corrected chi connectivity index (χ3v) is 5.04. The zero-order valence-corrected chi connectivity index (χ0v) is 15.8. The molecule has 25 heavy (non-hydrogen) atoms. The Morgan fingerprint density at radius 2 is 2.00 bits per heavy atom. The van der Waals surface area contributed by atoms with Gasteiger partial charge in [-0.2, -0.15) is 5.10 Å². The molecule has 132 valence electrons. The van der Waals surface area contributed by atoms with Crippen molar-refractivity contribution in [3.8, 4) is 0 Å². The molecule has 0 radical (unpaired) electrons. The predicted molar refractivity (Wildman–Crippen MR) is 99.1 cm³/mol. The fourth-order valence-corrected chi connectivity index (χ4v) is 3.47. The summed E-state index contributed by atoms with van der Waals surface area (Å²) in [6.07, 6.45) is 4.27. The second-order valence-electron chi connectivity index (χ2n) is 6.61. The second kappa shape index (κ2) is 7.00. The van der Waals surface area contributed by atoms with Crippen molar-refractivity contribution in [2.75, 3.05) is 5.32 Å². The predicted octanol–water partition coefficient (Wildman–Crippen LogP) is 3.36. The van der Waals surface area contributed by atoms with Gasteiger partial charge >= 0.3 is 11.8 Å². The Morgan fingerprint density at radius 1 is 1.24 bits per heavy atom. The van der Waals surface area contributed by atoms with Crippen LogP contribution in [-0.4, -0.2) is 21.6 Å². The lowest BCUT2D eigenvalue weighted by molar-refractivity contribution is -0.138. The van der Waals surface area contributed by atoms with Crippen LogP contribution in [0, 0.1) is 0 Å². The van der Waals surface area contributed by atoms with Crippen molar-refractivity contribution in [1.82, 2.24) is 15.1 Å². The first-order valence-corrected chi connectivity index (χ1v) is 9.14. The summed E-state index contributed by atoms with van der Waals surface area (Å²) in [6, 6.07) is 9.62. The summed E-state index contributed by atoms with van der Waals surface area (Å²) in [7, 11) is 0. The highest BCUT2D eigenvalue weighted by atomic mass is 79.9. The van der Waals surface area contributed by atoms with Gasteiger partial charge in [-0.25, -0.2) is 4.68 Å². The summed E-state index contributed by atoms with van der Waals surface area (Å²) < 4.78 is 2.62. The van der Waals surface area contributed by atoms with Gasteiger partial charge in [-0.1, -0.05) is 28.1 Å². The highest BCUT2D eigenvalue weighted by Gasteiger charge is 2.41. The number of rotatable bonds is 4. The topological polar surface area (TPSA) is 76.0 Å². The smallest absolute Gasteiger partial charge is 0.314 e. The third kappa shape index (κ3) is 3.61. The molecule has 1 heterocycles. The fraction of sp³-hybridized carbons (Fsp3) is 0.389. The molecule has 1 aliphatic carbocycles. The van der Waals surface area contributed by atoms with Crippen LogP contribution in [0.5, 0.6) is 0 Å². The van der Waals surface area contributed by atoms with Crippen LogP contribution in [0.1, 0.15) is 44.7 Å². The van der Waals surface area contributed by atoms with Gasteiger partial charge in [-0.05, 0) is 50.8 Å². The van der Waals surface area contributed by atoms with Crippen molar-refractivity contribution in [3.05, 3.63) is 46.6 Å². The molecule has 0 bridgehead atoms. The molecular weight excluding hydrogens is 384 g/mol. The van der Waals surface area contributed by atoms with Gasteiger partial charge in [0.25, 0.3) is 0 Å². The standard InChI is InChI=1S/C18H21BrN4O2/c1-12(2)23-15(7-10-20-23)21-16(24)17(25)22-18(8-4-9-18)13-5-3-6-14(19)11-13/h3,5-7,10-12H,4,8-9H2,1-2H3,(H,21,24)(H,22,25). The Kier molecular flexibility index (Phi) is 4.94. The molecule has 2 N–H and O–H groups in total. The zero-order chi connectivity index (χ0) is 18.0. The molecule has 1 aliphatic rings. The molecule has 1 fully saturated rings. The first-order valence-electron chi connectivity index (χ1n) is 8.34. The van der Waals surface area contributed by atoms with E-state index in [1.54, 1.807) is 16.9 Å². The van der Waals surface area contributed by atoms with Crippen LogP contribution >= 0.6 is 15.9 Å². The molecule has 1 aromatic heterocycles. The number of carbonyl (C=O) groups is 2. The number of halogens is 1. The Hall–Kier alpha value is -2.15. The zero-order valence-electron chi connectivity index (χ0n) is 14.3. The number of nitrogens with zero attached hydrogens (tertiary/aromatic N) is 2. The summed E-state index contributed by atoms with van der Waals surface area (Å²) in [4.78, 5) is 24.8. The van der Waals surface area contributed by atoms with Crippen LogP contribution in [0.4, 0.5) is 5.82 Å². The molecule has 0 saturated heterocycles. The van der Waals surface area contributed by atoms with Crippen molar-refractivity contribution in [2.24, 2.45) is 0 Å². The fourth-order valence-electron chi connectivity index (χ4n) is 3.07. The van der Waals surface area contributed by atoms with Gasteiger partial charge in [0.2, 0.25) is 0 Å². The molecule has 0 unspecified atom stereocenters. The second-order valence-corrected chi connectivity index (χ2v) is 7.52. The molecule has 1 aromatic carbocycles. The number of amides is 2. The van der Waals surface area contributed by atoms with E-state index >= 15 is 0 Å². The first-order chi connectivity index (χ1) is 11.9. The Labute approximate surface area is 155 Å². The van der Waals surface area contributed by atoms with E-state index in [1.165, 1.54) is 0 Å². The van der Waals surface area contributed by atoms with E-state index in [0.717, 1.165) is 29.3 Å². The van der Waals surface area contributed by atoms with E-state index in [-0.39, 0.29) is 6.04 Å². The minimum atomic E-state index is -0.677. The Bertz CT molecular complexity index is 796. The summed E-state index contributed by atoms with van der Waals surface area (Å²) in [5.74, 6) is -0.792. The average molecular weight is 405 g/mol. The molecule has 2 amide bonds. The van der Waals surface area contributed by atoms with Crippen LogP contribution in [0.15, 0.2) is 41.0 Å². The van der Waals surface area contributed by atoms with E-state index in [1.807, 2.05) is 38.1 Å². The maximum atomic E-state index is 12.5. The van der Waals surface area contributed by atoms with E-state index in [2.05, 4.69) is 31.7 Å². The number of hydrogen-bond acceptors (Lipinski definition) is 3. The first kappa shape index (κ1) is 17.7. The summed E-state index contributed by atoms with van der Waals surface area (Å²) in [5.41, 5.74) is 0.553. The SMILES string of the molecule is CC(C)n1nccc1NC(=O)C(=O)NC1(c2cccc(Br)c2)CCC1. The average Bonchev–Trinajstić information content (AvgIpc) is 2.99. The van der Waals surface area contributed by atoms with Crippen LogP contribution in [0.25, 0.3) is 0 Å². The third-order valence-electron chi connectivity index (χ3n) is 4.54. The van der Waals surface area contributed by atoms with Crippen molar-refractivity contribution in [3.63, 3.8) is 0 Å². The molecule has 7 heteroatoms. The van der Waals surface area contributed by atoms with Gasteiger partial charge in [0.15, 0.2) is 0 Å². The molecule has 1 saturated carbocycles.